The first-order chi connectivity index (χ1) is 9.86. The van der Waals surface area contributed by atoms with Gasteiger partial charge in [0.05, 0.1) is 12.6 Å². The molecule has 0 bridgehead atoms. The van der Waals surface area contributed by atoms with Gasteiger partial charge in [-0.05, 0) is 36.4 Å². The van der Waals surface area contributed by atoms with E-state index in [0.717, 1.165) is 24.3 Å². The Bertz CT molecular complexity index is 519. The molecule has 0 aromatic heterocycles. The molecule has 0 saturated heterocycles. The molecule has 1 fully saturated rings. The van der Waals surface area contributed by atoms with Gasteiger partial charge in [-0.15, -0.1) is 0 Å². The molecule has 5 heteroatoms. The van der Waals surface area contributed by atoms with E-state index >= 15 is 0 Å². The highest BCUT2D eigenvalue weighted by Gasteiger charge is 2.21. The lowest BCUT2D eigenvalue weighted by atomic mass is 9.99. The number of fused-ring (bicyclic) bond motifs is 1. The minimum atomic E-state index is -0.0828. The number of nitrogens with one attached hydrogen (secondary N) is 1. The van der Waals surface area contributed by atoms with Crippen LogP contribution in [0, 0.1) is 0 Å². The summed E-state index contributed by atoms with van der Waals surface area (Å²) in [7, 11) is 0. The van der Waals surface area contributed by atoms with Gasteiger partial charge in [0, 0.05) is 23.1 Å². The van der Waals surface area contributed by atoms with E-state index in [4.69, 9.17) is 10.3 Å². The second-order valence-electron chi connectivity index (χ2n) is 5.59. The molecule has 2 aliphatic rings. The number of hydrogen-bond acceptors (Lipinski definition) is 3. The Balaban J connectivity index is 1.70. The number of nitrogens with zero attached hydrogens (tertiary/aromatic N) is 3. The van der Waals surface area contributed by atoms with Crippen LogP contribution in [0.5, 0.6) is 5.75 Å². The third kappa shape index (κ3) is 2.89. The molecule has 106 valence electrons. The van der Waals surface area contributed by atoms with E-state index in [1.54, 1.807) is 0 Å². The Labute approximate surface area is 119 Å². The zero-order valence-electron chi connectivity index (χ0n) is 11.6. The molecule has 1 N–H and O–H groups in total. The first kappa shape index (κ1) is 13.3. The summed E-state index contributed by atoms with van der Waals surface area (Å²) in [4.78, 5) is 2.93. The summed E-state index contributed by atoms with van der Waals surface area (Å²) in [5.41, 5.74) is 10.9. The van der Waals surface area contributed by atoms with Crippen LogP contribution in [0.2, 0.25) is 0 Å². The van der Waals surface area contributed by atoms with E-state index < -0.39 is 0 Å². The van der Waals surface area contributed by atoms with Crippen LogP contribution in [0.25, 0.3) is 10.4 Å². The van der Waals surface area contributed by atoms with Crippen molar-refractivity contribution in [3.63, 3.8) is 0 Å². The fraction of sp³-hybridized carbons (Fsp3) is 0.600. The van der Waals surface area contributed by atoms with Crippen molar-refractivity contribution in [2.75, 3.05) is 6.61 Å². The molecule has 0 spiro atoms. The fourth-order valence-electron chi connectivity index (χ4n) is 3.10. The standard InChI is InChI=1S/C15H20N4O/c16-19-18-14-7-8-20-15-9-11(5-6-13(14)15)10-17-12-3-1-2-4-12/h5-6,9,12,14,17H,1-4,7-8,10H2/t14-/m1/s1. The van der Waals surface area contributed by atoms with E-state index in [0.29, 0.717) is 12.6 Å². The van der Waals surface area contributed by atoms with Gasteiger partial charge in [-0.1, -0.05) is 30.1 Å². The normalized spacial score (nSPS) is 21.9. The summed E-state index contributed by atoms with van der Waals surface area (Å²) in [6.45, 7) is 1.50. The first-order valence-corrected chi connectivity index (χ1v) is 7.40. The molecule has 1 atom stereocenters. The summed E-state index contributed by atoms with van der Waals surface area (Å²) in [5, 5.41) is 7.45. The van der Waals surface area contributed by atoms with E-state index in [-0.39, 0.29) is 6.04 Å². The van der Waals surface area contributed by atoms with Crippen molar-refractivity contribution in [1.29, 1.82) is 0 Å². The summed E-state index contributed by atoms with van der Waals surface area (Å²) < 4.78 is 5.70. The van der Waals surface area contributed by atoms with Gasteiger partial charge in [0.1, 0.15) is 5.75 Å². The van der Waals surface area contributed by atoms with Crippen molar-refractivity contribution >= 4 is 0 Å². The molecule has 3 rings (SSSR count). The smallest absolute Gasteiger partial charge is 0.123 e. The highest BCUT2D eigenvalue weighted by atomic mass is 16.5. The maximum absolute atomic E-state index is 8.61. The van der Waals surface area contributed by atoms with Crippen LogP contribution in [0.3, 0.4) is 0 Å². The Morgan fingerprint density at radius 2 is 2.15 bits per heavy atom. The predicted molar refractivity (Wildman–Crippen MR) is 77.5 cm³/mol. The zero-order valence-corrected chi connectivity index (χ0v) is 11.6. The average molecular weight is 272 g/mol. The molecule has 0 radical (unpaired) electrons. The lowest BCUT2D eigenvalue weighted by molar-refractivity contribution is 0.268. The van der Waals surface area contributed by atoms with Crippen LogP contribution >= 0.6 is 0 Å². The van der Waals surface area contributed by atoms with Crippen molar-refractivity contribution in [2.24, 2.45) is 5.11 Å². The molecular weight excluding hydrogens is 252 g/mol. The number of ether oxygens (including phenoxy) is 1. The summed E-state index contributed by atoms with van der Waals surface area (Å²) in [5.74, 6) is 0.874. The van der Waals surface area contributed by atoms with Gasteiger partial charge in [0.2, 0.25) is 0 Å². The Morgan fingerprint density at radius 1 is 1.30 bits per heavy atom. The molecule has 0 unspecified atom stereocenters. The fourth-order valence-corrected chi connectivity index (χ4v) is 3.10. The van der Waals surface area contributed by atoms with Gasteiger partial charge in [-0.2, -0.15) is 0 Å². The zero-order chi connectivity index (χ0) is 13.8. The Kier molecular flexibility index (Phi) is 4.09. The van der Waals surface area contributed by atoms with Crippen molar-refractivity contribution < 1.29 is 4.74 Å². The van der Waals surface area contributed by atoms with Gasteiger partial charge in [0.15, 0.2) is 0 Å². The van der Waals surface area contributed by atoms with Crippen LogP contribution < -0.4 is 10.1 Å². The molecule has 1 aliphatic heterocycles. The van der Waals surface area contributed by atoms with Gasteiger partial charge < -0.3 is 10.1 Å². The third-order valence-electron chi connectivity index (χ3n) is 4.23. The van der Waals surface area contributed by atoms with Crippen molar-refractivity contribution in [3.8, 4) is 5.75 Å². The number of hydrogen-bond donors (Lipinski definition) is 1. The monoisotopic (exact) mass is 272 g/mol. The van der Waals surface area contributed by atoms with E-state index in [9.17, 15) is 0 Å². The second-order valence-corrected chi connectivity index (χ2v) is 5.59. The predicted octanol–water partition coefficient (Wildman–Crippen LogP) is 3.85. The molecule has 1 aromatic carbocycles. The van der Waals surface area contributed by atoms with Crippen LogP contribution in [0.15, 0.2) is 23.3 Å². The maximum atomic E-state index is 8.61. The van der Waals surface area contributed by atoms with E-state index in [1.807, 2.05) is 6.07 Å². The molecule has 1 aliphatic carbocycles. The summed E-state index contributed by atoms with van der Waals surface area (Å²) >= 11 is 0. The largest absolute Gasteiger partial charge is 0.493 e. The van der Waals surface area contributed by atoms with E-state index in [2.05, 4.69) is 27.5 Å². The number of azide groups is 1. The highest BCUT2D eigenvalue weighted by molar-refractivity contribution is 5.41. The number of benzene rings is 1. The topological polar surface area (TPSA) is 70.0 Å². The molecular formula is C15H20N4O. The molecule has 20 heavy (non-hydrogen) atoms. The number of rotatable bonds is 4. The Morgan fingerprint density at radius 3 is 2.95 bits per heavy atom. The van der Waals surface area contributed by atoms with Crippen LogP contribution in [0.1, 0.15) is 49.3 Å². The second kappa shape index (κ2) is 6.16. The first-order valence-electron chi connectivity index (χ1n) is 7.40. The molecule has 1 saturated carbocycles. The van der Waals surface area contributed by atoms with Gasteiger partial charge in [-0.25, -0.2) is 0 Å². The van der Waals surface area contributed by atoms with Gasteiger partial charge in [-0.3, -0.25) is 0 Å². The van der Waals surface area contributed by atoms with Gasteiger partial charge in [0.25, 0.3) is 0 Å². The highest BCUT2D eigenvalue weighted by Crippen LogP contribution is 2.35. The molecule has 0 amide bonds. The van der Waals surface area contributed by atoms with Crippen molar-refractivity contribution in [1.82, 2.24) is 5.32 Å². The van der Waals surface area contributed by atoms with Crippen LogP contribution in [-0.4, -0.2) is 12.6 Å². The quantitative estimate of drug-likeness (QED) is 0.513. The van der Waals surface area contributed by atoms with Crippen LogP contribution in [0.4, 0.5) is 0 Å². The summed E-state index contributed by atoms with van der Waals surface area (Å²) in [6, 6.07) is 6.81. The molecule has 1 aromatic rings. The van der Waals surface area contributed by atoms with Crippen LogP contribution in [-0.2, 0) is 6.54 Å². The minimum Gasteiger partial charge on any atom is -0.493 e. The maximum Gasteiger partial charge on any atom is 0.123 e. The molecule has 5 nitrogen and oxygen atoms in total. The van der Waals surface area contributed by atoms with E-state index in [1.165, 1.54) is 31.2 Å². The lowest BCUT2D eigenvalue weighted by Crippen LogP contribution is -2.25. The van der Waals surface area contributed by atoms with Gasteiger partial charge >= 0.3 is 0 Å². The summed E-state index contributed by atoms with van der Waals surface area (Å²) in [6.07, 6.45) is 6.04. The Hall–Kier alpha value is -1.71. The lowest BCUT2D eigenvalue weighted by Gasteiger charge is -2.23. The molecule has 1 heterocycles. The van der Waals surface area contributed by atoms with Crippen molar-refractivity contribution in [2.45, 2.75) is 50.7 Å². The average Bonchev–Trinajstić information content (AvgIpc) is 2.99. The SMILES string of the molecule is [N-]=[N+]=N[C@@H]1CCOc2cc(CNC3CCCC3)ccc21. The van der Waals surface area contributed by atoms with Crippen molar-refractivity contribution in [3.05, 3.63) is 39.8 Å². The third-order valence-corrected chi connectivity index (χ3v) is 4.23. The minimum absolute atomic E-state index is 0.0828.